The quantitative estimate of drug-likeness (QED) is 0.763. The average molecular weight is 299 g/mol. The first-order valence-electron chi connectivity index (χ1n) is 7.20. The standard InChI is InChI=1S/C15H17N5S/c16-10-3-1-7-20(9-10)11-5-6-17-15-13(11)18-14(19-15)12-4-2-8-21-12/h2,4-6,8,10H,1,3,7,9,16H2,(H,17,18,19). The van der Waals surface area contributed by atoms with Crippen LogP contribution in [0.15, 0.2) is 29.8 Å². The number of nitrogens with zero attached hydrogens (tertiary/aromatic N) is 3. The van der Waals surface area contributed by atoms with E-state index in [1.54, 1.807) is 11.3 Å². The fraction of sp³-hybridized carbons (Fsp3) is 0.333. The van der Waals surface area contributed by atoms with Crippen LogP contribution in [-0.4, -0.2) is 34.1 Å². The molecular weight excluding hydrogens is 282 g/mol. The predicted octanol–water partition coefficient (Wildman–Crippen LogP) is 2.61. The van der Waals surface area contributed by atoms with Crippen LogP contribution in [0.1, 0.15) is 12.8 Å². The second kappa shape index (κ2) is 5.13. The summed E-state index contributed by atoms with van der Waals surface area (Å²) >= 11 is 1.68. The number of nitrogens with one attached hydrogen (secondary N) is 1. The molecule has 0 bridgehead atoms. The Labute approximate surface area is 126 Å². The van der Waals surface area contributed by atoms with Gasteiger partial charge in [0.2, 0.25) is 0 Å². The maximum absolute atomic E-state index is 6.11. The summed E-state index contributed by atoms with van der Waals surface area (Å²) in [5, 5.41) is 2.06. The third-order valence-electron chi connectivity index (χ3n) is 3.92. The largest absolute Gasteiger partial charge is 0.368 e. The highest BCUT2D eigenvalue weighted by Crippen LogP contribution is 2.30. The fourth-order valence-corrected chi connectivity index (χ4v) is 3.58. The lowest BCUT2D eigenvalue weighted by Gasteiger charge is -2.32. The molecule has 3 N–H and O–H groups in total. The van der Waals surface area contributed by atoms with Crippen molar-refractivity contribution in [2.45, 2.75) is 18.9 Å². The summed E-state index contributed by atoms with van der Waals surface area (Å²) in [4.78, 5) is 16.0. The molecule has 0 spiro atoms. The van der Waals surface area contributed by atoms with Crippen molar-refractivity contribution in [2.75, 3.05) is 18.0 Å². The summed E-state index contributed by atoms with van der Waals surface area (Å²) in [5.74, 6) is 0.890. The molecule has 1 saturated heterocycles. The maximum Gasteiger partial charge on any atom is 0.159 e. The SMILES string of the molecule is NC1CCCN(c2ccnc3[nH]c(-c4cccs4)nc23)C1. The van der Waals surface area contributed by atoms with E-state index >= 15 is 0 Å². The number of aromatic amines is 1. The highest BCUT2D eigenvalue weighted by atomic mass is 32.1. The van der Waals surface area contributed by atoms with E-state index in [0.717, 1.165) is 53.5 Å². The van der Waals surface area contributed by atoms with E-state index in [4.69, 9.17) is 10.7 Å². The predicted molar refractivity (Wildman–Crippen MR) is 86.6 cm³/mol. The number of hydrogen-bond acceptors (Lipinski definition) is 5. The molecule has 0 aliphatic carbocycles. The van der Waals surface area contributed by atoms with Gasteiger partial charge in [-0.1, -0.05) is 6.07 Å². The van der Waals surface area contributed by atoms with E-state index in [1.807, 2.05) is 18.3 Å². The number of fused-ring (bicyclic) bond motifs is 1. The second-order valence-corrected chi connectivity index (χ2v) is 6.39. The van der Waals surface area contributed by atoms with E-state index in [-0.39, 0.29) is 6.04 Å². The van der Waals surface area contributed by atoms with Gasteiger partial charge in [-0.25, -0.2) is 9.97 Å². The van der Waals surface area contributed by atoms with Crippen LogP contribution >= 0.6 is 11.3 Å². The molecule has 6 heteroatoms. The first kappa shape index (κ1) is 12.8. The van der Waals surface area contributed by atoms with E-state index in [9.17, 15) is 0 Å². The smallest absolute Gasteiger partial charge is 0.159 e. The van der Waals surface area contributed by atoms with Gasteiger partial charge in [-0.3, -0.25) is 0 Å². The molecule has 1 aliphatic heterocycles. The Morgan fingerprint density at radius 3 is 3.14 bits per heavy atom. The van der Waals surface area contributed by atoms with Crippen LogP contribution in [-0.2, 0) is 0 Å². The van der Waals surface area contributed by atoms with Crippen LogP contribution in [0.5, 0.6) is 0 Å². The Hall–Kier alpha value is -1.92. The van der Waals surface area contributed by atoms with Gasteiger partial charge in [0, 0.05) is 25.3 Å². The number of rotatable bonds is 2. The number of anilines is 1. The molecule has 1 fully saturated rings. The van der Waals surface area contributed by atoms with Gasteiger partial charge < -0.3 is 15.6 Å². The van der Waals surface area contributed by atoms with Crippen molar-refractivity contribution in [1.29, 1.82) is 0 Å². The topological polar surface area (TPSA) is 70.8 Å². The van der Waals surface area contributed by atoms with Crippen LogP contribution < -0.4 is 10.6 Å². The highest BCUT2D eigenvalue weighted by molar-refractivity contribution is 7.13. The zero-order chi connectivity index (χ0) is 14.2. The molecule has 1 aliphatic rings. The molecule has 3 aromatic heterocycles. The second-order valence-electron chi connectivity index (χ2n) is 5.44. The first-order valence-corrected chi connectivity index (χ1v) is 8.08. The number of hydrogen-bond donors (Lipinski definition) is 2. The number of nitrogens with two attached hydrogens (primary N) is 1. The summed E-state index contributed by atoms with van der Waals surface area (Å²) in [6.45, 7) is 1.92. The van der Waals surface area contributed by atoms with Gasteiger partial charge in [0.1, 0.15) is 11.3 Å². The highest BCUT2D eigenvalue weighted by Gasteiger charge is 2.20. The van der Waals surface area contributed by atoms with Crippen molar-refractivity contribution in [1.82, 2.24) is 15.0 Å². The number of piperidine rings is 1. The van der Waals surface area contributed by atoms with E-state index < -0.39 is 0 Å². The monoisotopic (exact) mass is 299 g/mol. The first-order chi connectivity index (χ1) is 10.3. The molecule has 21 heavy (non-hydrogen) atoms. The summed E-state index contributed by atoms with van der Waals surface area (Å²) < 4.78 is 0. The molecule has 1 unspecified atom stereocenters. The number of imidazole rings is 1. The zero-order valence-corrected chi connectivity index (χ0v) is 12.4. The Morgan fingerprint density at radius 1 is 1.38 bits per heavy atom. The van der Waals surface area contributed by atoms with Gasteiger partial charge in [-0.05, 0) is 30.4 Å². The lowest BCUT2D eigenvalue weighted by Crippen LogP contribution is -2.42. The molecule has 3 aromatic rings. The Kier molecular flexibility index (Phi) is 3.12. The van der Waals surface area contributed by atoms with Gasteiger partial charge in [0.25, 0.3) is 0 Å². The molecule has 1 atom stereocenters. The Morgan fingerprint density at radius 2 is 2.33 bits per heavy atom. The van der Waals surface area contributed by atoms with Crippen molar-refractivity contribution >= 4 is 28.2 Å². The maximum atomic E-state index is 6.11. The van der Waals surface area contributed by atoms with Crippen molar-refractivity contribution < 1.29 is 0 Å². The molecule has 0 radical (unpaired) electrons. The Bertz CT molecular complexity index is 749. The van der Waals surface area contributed by atoms with E-state index in [2.05, 4.69) is 26.3 Å². The van der Waals surface area contributed by atoms with Crippen molar-refractivity contribution in [2.24, 2.45) is 5.73 Å². The number of pyridine rings is 1. The van der Waals surface area contributed by atoms with Crippen LogP contribution in [0.3, 0.4) is 0 Å². The van der Waals surface area contributed by atoms with Gasteiger partial charge in [-0.15, -0.1) is 11.3 Å². The molecule has 4 rings (SSSR count). The van der Waals surface area contributed by atoms with Crippen LogP contribution in [0.2, 0.25) is 0 Å². The molecule has 0 saturated carbocycles. The van der Waals surface area contributed by atoms with Gasteiger partial charge >= 0.3 is 0 Å². The molecule has 108 valence electrons. The zero-order valence-electron chi connectivity index (χ0n) is 11.6. The minimum atomic E-state index is 0.248. The normalized spacial score (nSPS) is 19.3. The van der Waals surface area contributed by atoms with Crippen molar-refractivity contribution in [3.63, 3.8) is 0 Å². The lowest BCUT2D eigenvalue weighted by molar-refractivity contribution is 0.507. The minimum Gasteiger partial charge on any atom is -0.368 e. The molecule has 0 amide bonds. The van der Waals surface area contributed by atoms with Crippen molar-refractivity contribution in [3.8, 4) is 10.7 Å². The number of thiophene rings is 1. The van der Waals surface area contributed by atoms with E-state index in [1.165, 1.54) is 0 Å². The van der Waals surface area contributed by atoms with E-state index in [0.29, 0.717) is 0 Å². The number of H-pyrrole nitrogens is 1. The summed E-state index contributed by atoms with van der Waals surface area (Å²) in [6, 6.07) is 6.39. The van der Waals surface area contributed by atoms with Crippen LogP contribution in [0, 0.1) is 0 Å². The van der Waals surface area contributed by atoms with Gasteiger partial charge in [0.15, 0.2) is 5.65 Å². The summed E-state index contributed by atoms with van der Waals surface area (Å²) in [6.07, 6.45) is 4.08. The molecular formula is C15H17N5S. The summed E-state index contributed by atoms with van der Waals surface area (Å²) in [7, 11) is 0. The van der Waals surface area contributed by atoms with Crippen LogP contribution in [0.4, 0.5) is 5.69 Å². The number of aromatic nitrogens is 3. The van der Waals surface area contributed by atoms with Crippen molar-refractivity contribution in [3.05, 3.63) is 29.8 Å². The summed E-state index contributed by atoms with van der Waals surface area (Å²) in [5.41, 5.74) is 9.02. The fourth-order valence-electron chi connectivity index (χ4n) is 2.91. The third-order valence-corrected chi connectivity index (χ3v) is 4.79. The Balaban J connectivity index is 1.79. The molecule has 0 aromatic carbocycles. The third kappa shape index (κ3) is 2.30. The van der Waals surface area contributed by atoms with Gasteiger partial charge in [-0.2, -0.15) is 0 Å². The molecule has 4 heterocycles. The van der Waals surface area contributed by atoms with Gasteiger partial charge in [0.05, 0.1) is 10.6 Å². The lowest BCUT2D eigenvalue weighted by atomic mass is 10.1. The molecule has 5 nitrogen and oxygen atoms in total. The average Bonchev–Trinajstić information content (AvgIpc) is 3.15. The van der Waals surface area contributed by atoms with Crippen LogP contribution in [0.25, 0.3) is 21.9 Å². The minimum absolute atomic E-state index is 0.248.